The van der Waals surface area contributed by atoms with Crippen molar-refractivity contribution in [1.82, 2.24) is 4.98 Å². The second-order valence-electron chi connectivity index (χ2n) is 1.41. The number of aromatic nitrogens is 1. The number of hydrogen-bond donors (Lipinski definition) is 0. The Morgan fingerprint density at radius 3 is 2.67 bits per heavy atom. The number of rotatable bonds is 0. The Morgan fingerprint density at radius 2 is 2.22 bits per heavy atom. The van der Waals surface area contributed by atoms with E-state index in [2.05, 4.69) is 20.9 Å². The molecule has 0 aliphatic heterocycles. The van der Waals surface area contributed by atoms with Gasteiger partial charge >= 0.3 is 0 Å². The molecule has 0 radical (unpaired) electrons. The molecule has 0 unspecified atom stereocenters. The number of nitrogens with zero attached hydrogens (tertiary/aromatic N) is 1. The van der Waals surface area contributed by atoms with Gasteiger partial charge in [-0.2, -0.15) is 4.39 Å². The molecule has 0 fully saturated rings. The summed E-state index contributed by atoms with van der Waals surface area (Å²) < 4.78 is 12.8. The predicted molar refractivity (Wildman–Crippen MR) is 36.9 cm³/mol. The summed E-state index contributed by atoms with van der Waals surface area (Å²) in [7, 11) is 0. The van der Waals surface area contributed by atoms with Crippen LogP contribution in [0.4, 0.5) is 4.39 Å². The Bertz CT molecular complexity index is 228. The maximum Gasteiger partial charge on any atom is 0.232 e. The van der Waals surface area contributed by atoms with Crippen molar-refractivity contribution in [2.75, 3.05) is 0 Å². The third-order valence-electron chi connectivity index (χ3n) is 0.769. The molecule has 1 aromatic rings. The molecule has 1 aromatic heterocycles. The van der Waals surface area contributed by atoms with E-state index in [0.717, 1.165) is 0 Å². The summed E-state index contributed by atoms with van der Waals surface area (Å²) in [6.07, 6.45) is 0. The van der Waals surface area contributed by atoms with Crippen molar-refractivity contribution in [3.05, 3.63) is 27.7 Å². The van der Waals surface area contributed by atoms with E-state index in [1.807, 2.05) is 0 Å². The normalized spacial score (nSPS) is 9.67. The van der Waals surface area contributed by atoms with Crippen LogP contribution < -0.4 is 0 Å². The molecular weight excluding hydrogens is 208 g/mol. The first-order valence-electron chi connectivity index (χ1n) is 2.17. The lowest BCUT2D eigenvalue weighted by atomic mass is 10.5. The highest BCUT2D eigenvalue weighted by Gasteiger charge is 1.98. The zero-order chi connectivity index (χ0) is 6.85. The van der Waals surface area contributed by atoms with Crippen LogP contribution in [0.2, 0.25) is 5.02 Å². The zero-order valence-corrected chi connectivity index (χ0v) is 6.58. The van der Waals surface area contributed by atoms with E-state index in [9.17, 15) is 4.39 Å². The van der Waals surface area contributed by atoms with Gasteiger partial charge < -0.3 is 0 Å². The molecule has 0 aliphatic rings. The first-order valence-corrected chi connectivity index (χ1v) is 3.35. The van der Waals surface area contributed by atoms with Gasteiger partial charge in [-0.15, -0.1) is 0 Å². The van der Waals surface area contributed by atoms with Gasteiger partial charge in [-0.1, -0.05) is 11.6 Å². The molecule has 48 valence electrons. The van der Waals surface area contributed by atoms with Crippen molar-refractivity contribution in [2.45, 2.75) is 0 Å². The van der Waals surface area contributed by atoms with E-state index < -0.39 is 5.95 Å². The third kappa shape index (κ3) is 1.63. The van der Waals surface area contributed by atoms with E-state index >= 15 is 0 Å². The standard InChI is InChI=1S/C5H2BrClFN/c6-4-2-1-3(7)5(8)9-4/h1-2H. The van der Waals surface area contributed by atoms with Crippen LogP contribution in [0.1, 0.15) is 0 Å². The first kappa shape index (κ1) is 6.96. The summed E-state index contributed by atoms with van der Waals surface area (Å²) in [6.45, 7) is 0. The molecule has 0 N–H and O–H groups in total. The van der Waals surface area contributed by atoms with Crippen LogP contribution in [0.5, 0.6) is 0 Å². The highest BCUT2D eigenvalue weighted by atomic mass is 79.9. The van der Waals surface area contributed by atoms with Crippen LogP contribution >= 0.6 is 27.5 Å². The largest absolute Gasteiger partial charge is 0.232 e. The molecular formula is C5H2BrClFN. The Hall–Kier alpha value is -0.150. The minimum atomic E-state index is -0.647. The van der Waals surface area contributed by atoms with E-state index in [4.69, 9.17) is 11.6 Å². The molecule has 0 aromatic carbocycles. The van der Waals surface area contributed by atoms with E-state index in [0.29, 0.717) is 4.60 Å². The molecule has 0 saturated carbocycles. The fourth-order valence-corrected chi connectivity index (χ4v) is 0.788. The minimum Gasteiger partial charge on any atom is -0.211 e. The summed E-state index contributed by atoms with van der Waals surface area (Å²) in [5.74, 6) is -0.647. The second kappa shape index (κ2) is 2.62. The summed E-state index contributed by atoms with van der Waals surface area (Å²) in [6, 6.07) is 3.01. The molecule has 1 heterocycles. The average molecular weight is 210 g/mol. The van der Waals surface area contributed by atoms with Crippen molar-refractivity contribution in [3.63, 3.8) is 0 Å². The second-order valence-corrected chi connectivity index (χ2v) is 2.63. The quantitative estimate of drug-likeness (QED) is 0.600. The summed E-state index contributed by atoms with van der Waals surface area (Å²) in [5.41, 5.74) is 0. The van der Waals surface area contributed by atoms with E-state index in [1.165, 1.54) is 6.07 Å². The lowest BCUT2D eigenvalue weighted by Gasteiger charge is -1.90. The van der Waals surface area contributed by atoms with Crippen molar-refractivity contribution in [1.29, 1.82) is 0 Å². The van der Waals surface area contributed by atoms with Gasteiger partial charge in [0.05, 0.1) is 5.02 Å². The van der Waals surface area contributed by atoms with Crippen LogP contribution in [0.3, 0.4) is 0 Å². The van der Waals surface area contributed by atoms with Gasteiger partial charge in [0.2, 0.25) is 5.95 Å². The Kier molecular flexibility index (Phi) is 2.03. The monoisotopic (exact) mass is 209 g/mol. The van der Waals surface area contributed by atoms with Crippen molar-refractivity contribution in [3.8, 4) is 0 Å². The van der Waals surface area contributed by atoms with Gasteiger partial charge in [0.15, 0.2) is 0 Å². The van der Waals surface area contributed by atoms with Crippen molar-refractivity contribution in [2.24, 2.45) is 0 Å². The maximum absolute atomic E-state index is 12.3. The van der Waals surface area contributed by atoms with Gasteiger partial charge in [0.1, 0.15) is 4.60 Å². The van der Waals surface area contributed by atoms with Crippen LogP contribution in [-0.2, 0) is 0 Å². The zero-order valence-electron chi connectivity index (χ0n) is 4.24. The van der Waals surface area contributed by atoms with E-state index in [1.54, 1.807) is 6.07 Å². The number of halogens is 3. The topological polar surface area (TPSA) is 12.9 Å². The van der Waals surface area contributed by atoms with Crippen LogP contribution in [0.15, 0.2) is 16.7 Å². The summed E-state index contributed by atoms with van der Waals surface area (Å²) in [4.78, 5) is 3.39. The lowest BCUT2D eigenvalue weighted by Crippen LogP contribution is -1.82. The Morgan fingerprint density at radius 1 is 1.56 bits per heavy atom. The van der Waals surface area contributed by atoms with Gasteiger partial charge in [0.25, 0.3) is 0 Å². The highest BCUT2D eigenvalue weighted by Crippen LogP contribution is 2.14. The van der Waals surface area contributed by atoms with E-state index in [-0.39, 0.29) is 5.02 Å². The van der Waals surface area contributed by atoms with Crippen LogP contribution in [0, 0.1) is 5.95 Å². The molecule has 0 atom stereocenters. The first-order chi connectivity index (χ1) is 4.20. The molecule has 0 amide bonds. The minimum absolute atomic E-state index is 0.0400. The molecule has 1 rings (SSSR count). The highest BCUT2D eigenvalue weighted by molar-refractivity contribution is 9.10. The SMILES string of the molecule is Fc1nc(Br)ccc1Cl. The van der Waals surface area contributed by atoms with Gasteiger partial charge in [-0.05, 0) is 28.1 Å². The van der Waals surface area contributed by atoms with Gasteiger partial charge in [0, 0.05) is 0 Å². The molecule has 0 spiro atoms. The summed E-state index contributed by atoms with van der Waals surface area (Å²) >= 11 is 8.31. The molecule has 0 bridgehead atoms. The summed E-state index contributed by atoms with van der Waals surface area (Å²) in [5, 5.41) is 0.0400. The fourth-order valence-electron chi connectivity index (χ4n) is 0.395. The van der Waals surface area contributed by atoms with Crippen LogP contribution in [0.25, 0.3) is 0 Å². The number of hydrogen-bond acceptors (Lipinski definition) is 1. The van der Waals surface area contributed by atoms with Crippen molar-refractivity contribution >= 4 is 27.5 Å². The number of pyridine rings is 1. The Balaban J connectivity index is 3.17. The van der Waals surface area contributed by atoms with Gasteiger partial charge in [-0.25, -0.2) is 4.98 Å². The van der Waals surface area contributed by atoms with Gasteiger partial charge in [-0.3, -0.25) is 0 Å². The third-order valence-corrected chi connectivity index (χ3v) is 1.49. The average Bonchev–Trinajstić information content (AvgIpc) is 1.80. The Labute approximate surface area is 65.0 Å². The molecule has 1 nitrogen and oxygen atoms in total. The molecule has 4 heteroatoms. The smallest absolute Gasteiger partial charge is 0.211 e. The lowest BCUT2D eigenvalue weighted by molar-refractivity contribution is 0.581. The van der Waals surface area contributed by atoms with Crippen molar-refractivity contribution < 1.29 is 4.39 Å². The van der Waals surface area contributed by atoms with Crippen LogP contribution in [-0.4, -0.2) is 4.98 Å². The molecule has 9 heavy (non-hydrogen) atoms. The predicted octanol–water partition coefficient (Wildman–Crippen LogP) is 2.64. The fraction of sp³-hybridized carbons (Fsp3) is 0. The molecule has 0 aliphatic carbocycles. The maximum atomic E-state index is 12.3. The molecule has 0 saturated heterocycles.